The fourth-order valence-electron chi connectivity index (χ4n) is 2.65. The first-order valence-corrected chi connectivity index (χ1v) is 10.2. The minimum atomic E-state index is -3.63. The number of esters is 1. The number of carbonyl (C=O) groups excluding carboxylic acids is 1. The number of carbonyl (C=O) groups is 1. The maximum Gasteiger partial charge on any atom is 0.338 e. The maximum absolute atomic E-state index is 12.5. The zero-order chi connectivity index (χ0) is 20.2. The van der Waals surface area contributed by atoms with Gasteiger partial charge in [-0.1, -0.05) is 6.07 Å². The van der Waals surface area contributed by atoms with Crippen molar-refractivity contribution in [1.82, 2.24) is 9.29 Å². The van der Waals surface area contributed by atoms with Gasteiger partial charge in [0.2, 0.25) is 10.0 Å². The first kappa shape index (κ1) is 21.1. The summed E-state index contributed by atoms with van der Waals surface area (Å²) in [5.74, 6) is -0.523. The van der Waals surface area contributed by atoms with Gasteiger partial charge in [-0.05, 0) is 69.0 Å². The van der Waals surface area contributed by atoms with Gasteiger partial charge in [0.25, 0.3) is 0 Å². The number of hydrogen-bond acceptors (Lipinski definition) is 5. The monoisotopic (exact) mass is 390 g/mol. The van der Waals surface area contributed by atoms with Gasteiger partial charge in [-0.15, -0.1) is 0 Å². The minimum Gasteiger partial charge on any atom is -0.462 e. The Morgan fingerprint density at radius 3 is 2.48 bits per heavy atom. The molecule has 1 heterocycles. The summed E-state index contributed by atoms with van der Waals surface area (Å²) in [4.78, 5) is 16.9. The van der Waals surface area contributed by atoms with Crippen molar-refractivity contribution in [2.45, 2.75) is 38.5 Å². The highest BCUT2D eigenvalue weighted by molar-refractivity contribution is 7.89. The van der Waals surface area contributed by atoms with E-state index in [1.165, 1.54) is 20.2 Å². The van der Waals surface area contributed by atoms with E-state index in [1.807, 2.05) is 25.1 Å². The third-order valence-corrected chi connectivity index (χ3v) is 6.31. The van der Waals surface area contributed by atoms with Gasteiger partial charge in [0.05, 0.1) is 17.1 Å². The molecule has 0 saturated heterocycles. The van der Waals surface area contributed by atoms with E-state index in [0.29, 0.717) is 18.4 Å². The zero-order valence-electron chi connectivity index (χ0n) is 16.4. The van der Waals surface area contributed by atoms with Crippen LogP contribution in [0.5, 0.6) is 0 Å². The Bertz CT molecular complexity index is 937. The lowest BCUT2D eigenvalue weighted by Gasteiger charge is -2.16. The molecule has 0 N–H and O–H groups in total. The number of aromatic nitrogens is 1. The van der Waals surface area contributed by atoms with Crippen molar-refractivity contribution < 1.29 is 17.9 Å². The van der Waals surface area contributed by atoms with Gasteiger partial charge in [0.1, 0.15) is 0 Å². The molecule has 0 amide bonds. The van der Waals surface area contributed by atoms with E-state index in [-0.39, 0.29) is 17.1 Å². The molecule has 0 aliphatic rings. The molecule has 0 radical (unpaired) electrons. The molecule has 0 atom stereocenters. The highest BCUT2D eigenvalue weighted by atomic mass is 32.2. The lowest BCUT2D eigenvalue weighted by Crippen LogP contribution is -2.24. The van der Waals surface area contributed by atoms with E-state index in [0.717, 1.165) is 21.3 Å². The van der Waals surface area contributed by atoms with Crippen molar-refractivity contribution in [3.05, 3.63) is 58.4 Å². The van der Waals surface area contributed by atoms with E-state index in [4.69, 9.17) is 4.74 Å². The van der Waals surface area contributed by atoms with Crippen molar-refractivity contribution in [2.75, 3.05) is 20.7 Å². The van der Waals surface area contributed by atoms with Gasteiger partial charge in [0, 0.05) is 25.5 Å². The van der Waals surface area contributed by atoms with E-state index in [1.54, 1.807) is 19.9 Å². The molecule has 2 rings (SSSR count). The van der Waals surface area contributed by atoms with Crippen molar-refractivity contribution in [1.29, 1.82) is 0 Å². The molecule has 0 fully saturated rings. The summed E-state index contributed by atoms with van der Waals surface area (Å²) in [6.07, 6.45) is 1.36. The molecule has 146 valence electrons. The van der Waals surface area contributed by atoms with Crippen molar-refractivity contribution in [3.63, 3.8) is 0 Å². The van der Waals surface area contributed by atoms with Crippen molar-refractivity contribution >= 4 is 16.0 Å². The predicted octanol–water partition coefficient (Wildman–Crippen LogP) is 3.05. The average Bonchev–Trinajstić information content (AvgIpc) is 2.60. The molecular weight excluding hydrogens is 364 g/mol. The molecule has 27 heavy (non-hydrogen) atoms. The van der Waals surface area contributed by atoms with E-state index in [2.05, 4.69) is 4.98 Å². The highest BCUT2D eigenvalue weighted by Crippen LogP contribution is 2.23. The molecule has 0 aliphatic heterocycles. The van der Waals surface area contributed by atoms with Gasteiger partial charge >= 0.3 is 5.97 Å². The Hall–Kier alpha value is -2.25. The number of aryl methyl sites for hydroxylation is 3. The second-order valence-corrected chi connectivity index (χ2v) is 8.83. The van der Waals surface area contributed by atoms with Crippen LogP contribution in [0.3, 0.4) is 0 Å². The number of ether oxygens (including phenoxy) is 1. The normalized spacial score (nSPS) is 11.6. The molecule has 0 saturated carbocycles. The molecule has 6 nitrogen and oxygen atoms in total. The summed E-state index contributed by atoms with van der Waals surface area (Å²) in [6.45, 7) is 5.69. The van der Waals surface area contributed by atoms with Gasteiger partial charge < -0.3 is 4.74 Å². The lowest BCUT2D eigenvalue weighted by atomic mass is 10.1. The quantitative estimate of drug-likeness (QED) is 0.536. The van der Waals surface area contributed by atoms with Gasteiger partial charge in [-0.3, -0.25) is 4.98 Å². The largest absolute Gasteiger partial charge is 0.462 e. The SMILES string of the molecule is Cc1cccc(CCCOC(=O)c2cc(C)c(C)c(S(=O)(=O)N(C)C)c2)n1. The minimum absolute atomic E-state index is 0.128. The van der Waals surface area contributed by atoms with E-state index >= 15 is 0 Å². The standard InChI is InChI=1S/C20H26N2O4S/c1-14-12-17(13-19(16(14)3)27(24,25)22(4)5)20(23)26-11-7-10-18-9-6-8-15(2)21-18/h6,8-9,12-13H,7,10-11H2,1-5H3. The number of sulfonamides is 1. The van der Waals surface area contributed by atoms with Crippen LogP contribution in [0, 0.1) is 20.8 Å². The summed E-state index contributed by atoms with van der Waals surface area (Å²) in [7, 11) is -0.701. The fraction of sp³-hybridized carbons (Fsp3) is 0.400. The third-order valence-electron chi connectivity index (χ3n) is 4.37. The number of rotatable bonds is 7. The van der Waals surface area contributed by atoms with Crippen LogP contribution in [0.15, 0.2) is 35.2 Å². The first-order valence-electron chi connectivity index (χ1n) is 8.76. The van der Waals surface area contributed by atoms with Gasteiger partial charge in [0.15, 0.2) is 0 Å². The lowest BCUT2D eigenvalue weighted by molar-refractivity contribution is 0.0500. The number of hydrogen-bond donors (Lipinski definition) is 0. The van der Waals surface area contributed by atoms with Crippen LogP contribution in [-0.4, -0.2) is 44.4 Å². The molecule has 1 aromatic carbocycles. The predicted molar refractivity (Wildman–Crippen MR) is 104 cm³/mol. The summed E-state index contributed by atoms with van der Waals surface area (Å²) in [5, 5.41) is 0. The Morgan fingerprint density at radius 1 is 1.15 bits per heavy atom. The van der Waals surface area contributed by atoms with Crippen LogP contribution in [0.2, 0.25) is 0 Å². The number of nitrogens with zero attached hydrogens (tertiary/aromatic N) is 2. The zero-order valence-corrected chi connectivity index (χ0v) is 17.3. The molecule has 0 bridgehead atoms. The van der Waals surface area contributed by atoms with Gasteiger partial charge in [-0.2, -0.15) is 0 Å². The van der Waals surface area contributed by atoms with Crippen LogP contribution in [0.4, 0.5) is 0 Å². The smallest absolute Gasteiger partial charge is 0.338 e. The summed E-state index contributed by atoms with van der Waals surface area (Å²) in [5.41, 5.74) is 3.51. The third kappa shape index (κ3) is 5.14. The van der Waals surface area contributed by atoms with Crippen LogP contribution < -0.4 is 0 Å². The first-order chi connectivity index (χ1) is 12.6. The second kappa shape index (κ2) is 8.63. The summed E-state index contributed by atoms with van der Waals surface area (Å²) >= 11 is 0. The Morgan fingerprint density at radius 2 is 1.85 bits per heavy atom. The second-order valence-electron chi connectivity index (χ2n) is 6.71. The van der Waals surface area contributed by atoms with Crippen LogP contribution in [0.1, 0.15) is 39.3 Å². The van der Waals surface area contributed by atoms with Crippen LogP contribution in [0.25, 0.3) is 0 Å². The summed E-state index contributed by atoms with van der Waals surface area (Å²) in [6, 6.07) is 8.88. The Balaban J connectivity index is 2.07. The van der Waals surface area contributed by atoms with Crippen molar-refractivity contribution in [2.24, 2.45) is 0 Å². The van der Waals surface area contributed by atoms with Gasteiger partial charge in [-0.25, -0.2) is 17.5 Å². The van der Waals surface area contributed by atoms with Crippen molar-refractivity contribution in [3.8, 4) is 0 Å². The molecule has 1 aromatic heterocycles. The van der Waals surface area contributed by atoms with E-state index in [9.17, 15) is 13.2 Å². The summed E-state index contributed by atoms with van der Waals surface area (Å²) < 4.78 is 31.4. The maximum atomic E-state index is 12.5. The molecule has 7 heteroatoms. The average molecular weight is 391 g/mol. The number of pyridine rings is 1. The molecule has 2 aromatic rings. The Kier molecular flexibility index (Phi) is 6.73. The molecule has 0 unspecified atom stereocenters. The highest BCUT2D eigenvalue weighted by Gasteiger charge is 2.23. The van der Waals surface area contributed by atoms with Crippen LogP contribution in [-0.2, 0) is 21.2 Å². The number of benzene rings is 1. The molecule has 0 aliphatic carbocycles. The topological polar surface area (TPSA) is 76.6 Å². The Labute approximate surface area is 161 Å². The fourth-order valence-corrected chi connectivity index (χ4v) is 3.87. The van der Waals surface area contributed by atoms with E-state index < -0.39 is 16.0 Å². The molecule has 0 spiro atoms. The molecular formula is C20H26N2O4S. The van der Waals surface area contributed by atoms with Crippen LogP contribution >= 0.6 is 0 Å².